The average molecular weight is 274 g/mol. The van der Waals surface area contributed by atoms with Gasteiger partial charge in [-0.2, -0.15) is 0 Å². The zero-order valence-corrected chi connectivity index (χ0v) is 11.7. The summed E-state index contributed by atoms with van der Waals surface area (Å²) in [5, 5.41) is 4.98. The molecule has 1 heterocycles. The van der Waals surface area contributed by atoms with Crippen LogP contribution in [0.3, 0.4) is 0 Å². The fraction of sp³-hybridized carbons (Fsp3) is 0.267. The summed E-state index contributed by atoms with van der Waals surface area (Å²) in [6.45, 7) is 2.14. The van der Waals surface area contributed by atoms with Crippen LogP contribution in [-0.2, 0) is 11.2 Å². The van der Waals surface area contributed by atoms with Gasteiger partial charge in [0.05, 0.1) is 12.6 Å². The summed E-state index contributed by atoms with van der Waals surface area (Å²) in [7, 11) is 0. The molecule has 1 aromatic heterocycles. The molecule has 0 saturated carbocycles. The Balaban J connectivity index is 2.28. The second kappa shape index (κ2) is 6.50. The molecule has 3 nitrogen and oxygen atoms in total. The minimum atomic E-state index is -0.141. The van der Waals surface area contributed by atoms with E-state index in [0.717, 1.165) is 16.9 Å². The summed E-state index contributed by atoms with van der Waals surface area (Å²) in [5.41, 5.74) is 7.76. The second-order valence-electron chi connectivity index (χ2n) is 4.32. The quantitative estimate of drug-likeness (QED) is 0.880. The van der Waals surface area contributed by atoms with Crippen molar-refractivity contribution in [2.45, 2.75) is 19.4 Å². The number of aryl methyl sites for hydroxylation is 1. The Morgan fingerprint density at radius 1 is 1.32 bits per heavy atom. The van der Waals surface area contributed by atoms with Gasteiger partial charge in [0, 0.05) is 4.88 Å². The molecule has 1 aromatic carbocycles. The molecule has 0 aliphatic carbocycles. The molecule has 0 aliphatic heterocycles. The number of rotatable bonds is 5. The molecule has 19 heavy (non-hydrogen) atoms. The van der Waals surface area contributed by atoms with Crippen molar-refractivity contribution < 1.29 is 4.79 Å². The lowest BCUT2D eigenvalue weighted by molar-refractivity contribution is -0.120. The van der Waals surface area contributed by atoms with E-state index < -0.39 is 0 Å². The van der Waals surface area contributed by atoms with Gasteiger partial charge in [0.25, 0.3) is 0 Å². The second-order valence-corrected chi connectivity index (χ2v) is 5.29. The molecule has 1 amide bonds. The summed E-state index contributed by atoms with van der Waals surface area (Å²) in [6, 6.07) is 12.2. The number of benzene rings is 1. The lowest BCUT2D eigenvalue weighted by Gasteiger charge is -2.18. The number of carbonyl (C=O) groups excluding carboxylic acids is 1. The average Bonchev–Trinajstić information content (AvgIpc) is 2.98. The fourth-order valence-electron chi connectivity index (χ4n) is 1.94. The maximum atomic E-state index is 11.6. The van der Waals surface area contributed by atoms with Crippen LogP contribution in [0, 0.1) is 0 Å². The molecule has 0 saturated heterocycles. The van der Waals surface area contributed by atoms with Gasteiger partial charge in [-0.05, 0) is 29.0 Å². The highest BCUT2D eigenvalue weighted by atomic mass is 32.1. The van der Waals surface area contributed by atoms with Crippen LogP contribution in [0.5, 0.6) is 0 Å². The molecule has 100 valence electrons. The van der Waals surface area contributed by atoms with Crippen LogP contribution < -0.4 is 11.1 Å². The van der Waals surface area contributed by atoms with E-state index in [0.29, 0.717) is 0 Å². The van der Waals surface area contributed by atoms with E-state index in [9.17, 15) is 4.79 Å². The Kier molecular flexibility index (Phi) is 4.71. The maximum Gasteiger partial charge on any atom is 0.234 e. The van der Waals surface area contributed by atoms with Crippen molar-refractivity contribution in [3.8, 4) is 0 Å². The Morgan fingerprint density at radius 2 is 2.05 bits per heavy atom. The van der Waals surface area contributed by atoms with Gasteiger partial charge in [0.2, 0.25) is 5.91 Å². The molecule has 1 unspecified atom stereocenters. The van der Waals surface area contributed by atoms with Crippen LogP contribution in [0.25, 0.3) is 0 Å². The molecule has 0 fully saturated rings. The first-order chi connectivity index (χ1) is 9.24. The molecule has 0 spiro atoms. The van der Waals surface area contributed by atoms with E-state index in [-0.39, 0.29) is 18.5 Å². The van der Waals surface area contributed by atoms with Crippen molar-refractivity contribution in [3.05, 3.63) is 57.8 Å². The van der Waals surface area contributed by atoms with Gasteiger partial charge >= 0.3 is 0 Å². The Hall–Kier alpha value is -1.65. The van der Waals surface area contributed by atoms with Crippen LogP contribution in [-0.4, -0.2) is 12.5 Å². The standard InChI is InChI=1S/C15H18N2OS/c1-2-11-5-7-12(8-6-11)15(17-14(18)10-16)13-4-3-9-19-13/h3-9,15H,2,10,16H2,1H3,(H,17,18). The van der Waals surface area contributed by atoms with Crippen molar-refractivity contribution in [3.63, 3.8) is 0 Å². The monoisotopic (exact) mass is 274 g/mol. The molecule has 3 N–H and O–H groups in total. The van der Waals surface area contributed by atoms with E-state index in [1.54, 1.807) is 11.3 Å². The lowest BCUT2D eigenvalue weighted by Crippen LogP contribution is -2.33. The minimum absolute atomic E-state index is 0.00885. The molecular formula is C15H18N2OS. The van der Waals surface area contributed by atoms with Gasteiger partial charge in [0.15, 0.2) is 0 Å². The lowest BCUT2D eigenvalue weighted by atomic mass is 10.0. The highest BCUT2D eigenvalue weighted by Crippen LogP contribution is 2.26. The van der Waals surface area contributed by atoms with Gasteiger partial charge < -0.3 is 11.1 Å². The number of nitrogens with one attached hydrogen (secondary N) is 1. The van der Waals surface area contributed by atoms with Crippen molar-refractivity contribution in [1.29, 1.82) is 0 Å². The SMILES string of the molecule is CCc1ccc(C(NC(=O)CN)c2cccs2)cc1. The first-order valence-corrected chi connectivity index (χ1v) is 7.24. The number of hydrogen-bond acceptors (Lipinski definition) is 3. The largest absolute Gasteiger partial charge is 0.343 e. The molecule has 2 rings (SSSR count). The minimum Gasteiger partial charge on any atom is -0.343 e. The molecule has 2 aromatic rings. The van der Waals surface area contributed by atoms with Gasteiger partial charge in [-0.15, -0.1) is 11.3 Å². The summed E-state index contributed by atoms with van der Waals surface area (Å²) >= 11 is 1.63. The van der Waals surface area contributed by atoms with Crippen LogP contribution >= 0.6 is 11.3 Å². The van der Waals surface area contributed by atoms with Crippen LogP contribution in [0.4, 0.5) is 0 Å². The zero-order chi connectivity index (χ0) is 13.7. The van der Waals surface area contributed by atoms with Gasteiger partial charge in [-0.1, -0.05) is 37.3 Å². The predicted molar refractivity (Wildman–Crippen MR) is 79.2 cm³/mol. The normalized spacial score (nSPS) is 12.1. The van der Waals surface area contributed by atoms with Crippen LogP contribution in [0.15, 0.2) is 41.8 Å². The number of carbonyl (C=O) groups is 1. The first kappa shape index (κ1) is 13.8. The zero-order valence-electron chi connectivity index (χ0n) is 10.9. The summed E-state index contributed by atoms with van der Waals surface area (Å²) < 4.78 is 0. The molecule has 0 radical (unpaired) electrons. The van der Waals surface area contributed by atoms with Crippen molar-refractivity contribution in [1.82, 2.24) is 5.32 Å². The van der Waals surface area contributed by atoms with Gasteiger partial charge in [0.1, 0.15) is 0 Å². The van der Waals surface area contributed by atoms with E-state index in [2.05, 4.69) is 36.5 Å². The Labute approximate surface area is 117 Å². The van der Waals surface area contributed by atoms with Crippen molar-refractivity contribution >= 4 is 17.2 Å². The Bertz CT molecular complexity index is 520. The molecule has 0 bridgehead atoms. The predicted octanol–water partition coefficient (Wildman–Crippen LogP) is 2.47. The maximum absolute atomic E-state index is 11.6. The van der Waals surface area contributed by atoms with Crippen molar-refractivity contribution in [2.24, 2.45) is 5.73 Å². The van der Waals surface area contributed by atoms with E-state index in [1.165, 1.54) is 5.56 Å². The molecule has 4 heteroatoms. The van der Waals surface area contributed by atoms with Gasteiger partial charge in [-0.3, -0.25) is 4.79 Å². The van der Waals surface area contributed by atoms with Crippen molar-refractivity contribution in [2.75, 3.05) is 6.54 Å². The summed E-state index contributed by atoms with van der Waals surface area (Å²) in [6.07, 6.45) is 1.01. The molecular weight excluding hydrogens is 256 g/mol. The smallest absolute Gasteiger partial charge is 0.234 e. The third-order valence-electron chi connectivity index (χ3n) is 3.04. The van der Waals surface area contributed by atoms with Crippen LogP contribution in [0.2, 0.25) is 0 Å². The summed E-state index contributed by atoms with van der Waals surface area (Å²) in [5.74, 6) is -0.141. The number of amides is 1. The number of nitrogens with two attached hydrogens (primary N) is 1. The fourth-order valence-corrected chi connectivity index (χ4v) is 2.74. The summed E-state index contributed by atoms with van der Waals surface area (Å²) in [4.78, 5) is 12.7. The van der Waals surface area contributed by atoms with E-state index in [4.69, 9.17) is 5.73 Å². The first-order valence-electron chi connectivity index (χ1n) is 6.36. The molecule has 1 atom stereocenters. The van der Waals surface area contributed by atoms with Gasteiger partial charge in [-0.25, -0.2) is 0 Å². The van der Waals surface area contributed by atoms with Crippen LogP contribution in [0.1, 0.15) is 29.0 Å². The highest BCUT2D eigenvalue weighted by Gasteiger charge is 2.16. The van der Waals surface area contributed by atoms with E-state index in [1.807, 2.05) is 17.5 Å². The Morgan fingerprint density at radius 3 is 2.58 bits per heavy atom. The number of thiophene rings is 1. The number of hydrogen-bond donors (Lipinski definition) is 2. The molecule has 0 aliphatic rings. The highest BCUT2D eigenvalue weighted by molar-refractivity contribution is 7.10. The third kappa shape index (κ3) is 3.43. The topological polar surface area (TPSA) is 55.1 Å². The third-order valence-corrected chi connectivity index (χ3v) is 3.98. The van der Waals surface area contributed by atoms with E-state index >= 15 is 0 Å².